The van der Waals surface area contributed by atoms with Crippen LogP contribution in [0, 0.1) is 6.92 Å². The van der Waals surface area contributed by atoms with Crippen LogP contribution in [-0.2, 0) is 12.3 Å². The zero-order valence-corrected chi connectivity index (χ0v) is 13.8. The minimum Gasteiger partial charge on any atom is -0.309 e. The summed E-state index contributed by atoms with van der Waals surface area (Å²) in [6.07, 6.45) is 0. The average Bonchev–Trinajstić information content (AvgIpc) is 3.17. The van der Waals surface area contributed by atoms with Crippen LogP contribution in [0.25, 0.3) is 0 Å². The van der Waals surface area contributed by atoms with Gasteiger partial charge in [0.15, 0.2) is 5.16 Å². The lowest BCUT2D eigenvalue weighted by molar-refractivity contribution is 0.704. The van der Waals surface area contributed by atoms with E-state index in [2.05, 4.69) is 75.1 Å². The molecule has 116 valence electrons. The number of hydrogen-bond acceptors (Lipinski definition) is 4. The van der Waals surface area contributed by atoms with Crippen molar-refractivity contribution in [1.82, 2.24) is 14.8 Å². The predicted octanol–water partition coefficient (Wildman–Crippen LogP) is 4.03. The third-order valence-electron chi connectivity index (χ3n) is 4.04. The monoisotopic (exact) mass is 322 g/mol. The van der Waals surface area contributed by atoms with Gasteiger partial charge in [-0.3, -0.25) is 4.57 Å². The van der Waals surface area contributed by atoms with Gasteiger partial charge < -0.3 is 4.90 Å². The summed E-state index contributed by atoms with van der Waals surface area (Å²) < 4.78 is 2.22. The molecule has 0 N–H and O–H groups in total. The van der Waals surface area contributed by atoms with Crippen molar-refractivity contribution >= 4 is 23.4 Å². The maximum absolute atomic E-state index is 4.41. The van der Waals surface area contributed by atoms with Gasteiger partial charge in [-0.25, -0.2) is 0 Å². The van der Waals surface area contributed by atoms with Crippen molar-refractivity contribution in [3.8, 4) is 0 Å². The molecule has 0 unspecified atom stereocenters. The molecule has 4 nitrogen and oxygen atoms in total. The number of thioether (sulfide) groups is 1. The molecule has 0 atom stereocenters. The normalized spacial score (nSPS) is 13.3. The number of aromatic nitrogens is 3. The number of nitrogens with zero attached hydrogens (tertiary/aromatic N) is 4. The first-order valence-corrected chi connectivity index (χ1v) is 8.74. The molecule has 1 aromatic heterocycles. The van der Waals surface area contributed by atoms with E-state index in [1.54, 1.807) is 11.8 Å². The molecule has 23 heavy (non-hydrogen) atoms. The Balaban J connectivity index is 1.53. The third-order valence-corrected chi connectivity index (χ3v) is 5.08. The lowest BCUT2D eigenvalue weighted by atomic mass is 10.2. The zero-order chi connectivity index (χ0) is 15.6. The fraction of sp³-hybridized carbons (Fsp3) is 0.222. The Hall–Kier alpha value is -2.27. The number of aryl methyl sites for hydroxylation is 1. The SMILES string of the molecule is Cc1ccc(N2CCn3c(SCc4ccccc4)nnc32)cc1. The van der Waals surface area contributed by atoms with Crippen LogP contribution in [0.5, 0.6) is 0 Å². The molecule has 0 bridgehead atoms. The molecular formula is C18H18N4S. The van der Waals surface area contributed by atoms with Crippen LogP contribution in [0.3, 0.4) is 0 Å². The standard InChI is InChI=1S/C18H18N4S/c1-14-7-9-16(10-8-14)21-11-12-22-17(21)19-20-18(22)23-13-15-5-3-2-4-6-15/h2-10H,11-13H2,1H3. The van der Waals surface area contributed by atoms with Gasteiger partial charge in [0.25, 0.3) is 0 Å². The Kier molecular flexibility index (Phi) is 3.79. The van der Waals surface area contributed by atoms with Crippen LogP contribution in [0.4, 0.5) is 11.6 Å². The van der Waals surface area contributed by atoms with E-state index < -0.39 is 0 Å². The van der Waals surface area contributed by atoms with E-state index in [4.69, 9.17) is 0 Å². The molecule has 4 rings (SSSR count). The smallest absolute Gasteiger partial charge is 0.232 e. The molecule has 0 amide bonds. The minimum absolute atomic E-state index is 0.920. The van der Waals surface area contributed by atoms with Gasteiger partial charge in [0.2, 0.25) is 5.95 Å². The van der Waals surface area contributed by atoms with Crippen molar-refractivity contribution in [2.24, 2.45) is 0 Å². The summed E-state index contributed by atoms with van der Waals surface area (Å²) in [6.45, 7) is 3.99. The molecule has 3 aromatic rings. The average molecular weight is 322 g/mol. The molecule has 0 radical (unpaired) electrons. The lowest BCUT2D eigenvalue weighted by Crippen LogP contribution is -2.14. The molecule has 1 aliphatic rings. The van der Waals surface area contributed by atoms with Gasteiger partial charge in [0.05, 0.1) is 0 Å². The maximum Gasteiger partial charge on any atom is 0.232 e. The van der Waals surface area contributed by atoms with Crippen LogP contribution in [0.2, 0.25) is 0 Å². The van der Waals surface area contributed by atoms with Gasteiger partial charge in [-0.05, 0) is 24.6 Å². The van der Waals surface area contributed by atoms with Crippen LogP contribution < -0.4 is 4.90 Å². The van der Waals surface area contributed by atoms with Crippen molar-refractivity contribution in [2.45, 2.75) is 24.4 Å². The van der Waals surface area contributed by atoms with Crippen LogP contribution in [-0.4, -0.2) is 21.3 Å². The van der Waals surface area contributed by atoms with Gasteiger partial charge in [-0.15, -0.1) is 10.2 Å². The number of fused-ring (bicyclic) bond motifs is 1. The lowest BCUT2D eigenvalue weighted by Gasteiger charge is -2.15. The number of rotatable bonds is 4. The van der Waals surface area contributed by atoms with Crippen molar-refractivity contribution < 1.29 is 0 Å². The number of benzene rings is 2. The molecule has 0 spiro atoms. The van der Waals surface area contributed by atoms with Crippen molar-refractivity contribution in [2.75, 3.05) is 11.4 Å². The fourth-order valence-electron chi connectivity index (χ4n) is 2.77. The largest absolute Gasteiger partial charge is 0.309 e. The highest BCUT2D eigenvalue weighted by Crippen LogP contribution is 2.32. The third kappa shape index (κ3) is 2.84. The Morgan fingerprint density at radius 2 is 1.74 bits per heavy atom. The topological polar surface area (TPSA) is 34.0 Å². The second-order valence-corrected chi connectivity index (χ2v) is 6.64. The van der Waals surface area contributed by atoms with Gasteiger partial charge in [0, 0.05) is 24.5 Å². The fourth-order valence-corrected chi connectivity index (χ4v) is 3.69. The second-order valence-electron chi connectivity index (χ2n) is 5.70. The summed E-state index contributed by atoms with van der Waals surface area (Å²) in [6, 6.07) is 19.1. The van der Waals surface area contributed by atoms with Gasteiger partial charge >= 0.3 is 0 Å². The Morgan fingerprint density at radius 1 is 0.957 bits per heavy atom. The minimum atomic E-state index is 0.920. The molecule has 1 aliphatic heterocycles. The molecule has 2 aromatic carbocycles. The molecular weight excluding hydrogens is 304 g/mol. The molecule has 5 heteroatoms. The molecule has 2 heterocycles. The summed E-state index contributed by atoms with van der Waals surface area (Å²) in [5, 5.41) is 9.79. The van der Waals surface area contributed by atoms with Crippen molar-refractivity contribution in [3.05, 3.63) is 65.7 Å². The Labute approximate surface area is 140 Å². The van der Waals surface area contributed by atoms with E-state index in [0.717, 1.165) is 29.9 Å². The van der Waals surface area contributed by atoms with Gasteiger partial charge in [0.1, 0.15) is 0 Å². The second kappa shape index (κ2) is 6.08. The van der Waals surface area contributed by atoms with E-state index in [0.29, 0.717) is 0 Å². The van der Waals surface area contributed by atoms with Crippen LogP contribution >= 0.6 is 11.8 Å². The van der Waals surface area contributed by atoms with E-state index in [1.807, 2.05) is 6.07 Å². The quantitative estimate of drug-likeness (QED) is 0.679. The number of anilines is 2. The van der Waals surface area contributed by atoms with Crippen molar-refractivity contribution in [1.29, 1.82) is 0 Å². The Bertz CT molecular complexity index is 796. The van der Waals surface area contributed by atoms with E-state index in [9.17, 15) is 0 Å². The van der Waals surface area contributed by atoms with E-state index in [-0.39, 0.29) is 0 Å². The molecule has 0 aliphatic carbocycles. The summed E-state index contributed by atoms with van der Waals surface area (Å²) in [5.41, 5.74) is 3.76. The summed E-state index contributed by atoms with van der Waals surface area (Å²) in [5.74, 6) is 1.87. The molecule has 0 saturated carbocycles. The van der Waals surface area contributed by atoms with Gasteiger partial charge in [-0.2, -0.15) is 0 Å². The first kappa shape index (κ1) is 14.3. The maximum atomic E-state index is 4.41. The number of hydrogen-bond donors (Lipinski definition) is 0. The zero-order valence-electron chi connectivity index (χ0n) is 13.0. The first-order valence-electron chi connectivity index (χ1n) is 7.75. The highest BCUT2D eigenvalue weighted by Gasteiger charge is 2.25. The van der Waals surface area contributed by atoms with E-state index >= 15 is 0 Å². The molecule has 0 fully saturated rings. The Morgan fingerprint density at radius 3 is 2.52 bits per heavy atom. The first-order chi connectivity index (χ1) is 11.3. The highest BCUT2D eigenvalue weighted by atomic mass is 32.2. The van der Waals surface area contributed by atoms with Crippen molar-refractivity contribution in [3.63, 3.8) is 0 Å². The summed E-state index contributed by atoms with van der Waals surface area (Å²) >= 11 is 1.75. The molecule has 0 saturated heterocycles. The van der Waals surface area contributed by atoms with Gasteiger partial charge in [-0.1, -0.05) is 59.8 Å². The van der Waals surface area contributed by atoms with Crippen LogP contribution in [0.1, 0.15) is 11.1 Å². The summed E-state index contributed by atoms with van der Waals surface area (Å²) in [4.78, 5) is 2.24. The summed E-state index contributed by atoms with van der Waals surface area (Å²) in [7, 11) is 0. The van der Waals surface area contributed by atoms with E-state index in [1.165, 1.54) is 16.8 Å². The highest BCUT2D eigenvalue weighted by molar-refractivity contribution is 7.98. The van der Waals surface area contributed by atoms with Crippen LogP contribution in [0.15, 0.2) is 59.8 Å². The predicted molar refractivity (Wildman–Crippen MR) is 94.2 cm³/mol.